The van der Waals surface area contributed by atoms with E-state index in [4.69, 9.17) is 0 Å². The van der Waals surface area contributed by atoms with Gasteiger partial charge in [-0.2, -0.15) is 0 Å². The minimum Gasteiger partial charge on any atom is -0.320 e. The lowest BCUT2D eigenvalue weighted by Crippen LogP contribution is -2.14. The normalized spacial score (nSPS) is 10.7. The second kappa shape index (κ2) is 4.97. The van der Waals surface area contributed by atoms with Crippen LogP contribution in [0.15, 0.2) is 51.9 Å². The number of halogens is 1. The Hall–Kier alpha value is -2.34. The van der Waals surface area contributed by atoms with E-state index in [1.807, 2.05) is 36.4 Å². The summed E-state index contributed by atoms with van der Waals surface area (Å²) < 4.78 is 0.959. The number of aromatic nitrogens is 2. The summed E-state index contributed by atoms with van der Waals surface area (Å²) in [6.07, 6.45) is 1.35. The van der Waals surface area contributed by atoms with Gasteiger partial charge in [-0.1, -0.05) is 40.2 Å². The lowest BCUT2D eigenvalue weighted by atomic mass is 10.1. The summed E-state index contributed by atoms with van der Waals surface area (Å²) in [4.78, 5) is 27.9. The molecule has 1 heterocycles. The van der Waals surface area contributed by atoms with Crippen LogP contribution in [0.3, 0.4) is 0 Å². The van der Waals surface area contributed by atoms with Crippen molar-refractivity contribution in [3.05, 3.63) is 63.2 Å². The number of aromatic amines is 2. The Morgan fingerprint density at radius 3 is 2.55 bits per heavy atom. The van der Waals surface area contributed by atoms with E-state index >= 15 is 0 Å². The van der Waals surface area contributed by atoms with Gasteiger partial charge in [-0.15, -0.1) is 0 Å². The molecule has 1 amide bonds. The zero-order valence-corrected chi connectivity index (χ0v) is 11.8. The van der Waals surface area contributed by atoms with Crippen LogP contribution in [-0.2, 0) is 0 Å². The molecular weight excluding hydrogens is 322 g/mol. The number of amides is 1. The molecule has 3 rings (SSSR count). The molecule has 0 aliphatic rings. The summed E-state index contributed by atoms with van der Waals surface area (Å²) in [5, 5.41) is 4.72. The second-order valence-corrected chi connectivity index (χ2v) is 5.11. The number of rotatable bonds is 2. The van der Waals surface area contributed by atoms with E-state index in [0.717, 1.165) is 15.2 Å². The highest BCUT2D eigenvalue weighted by Gasteiger charge is 2.11. The molecule has 1 aromatic heterocycles. The van der Waals surface area contributed by atoms with Gasteiger partial charge < -0.3 is 15.3 Å². The lowest BCUT2D eigenvalue weighted by Gasteiger charge is -2.09. The SMILES string of the molecule is O=C(Nc1ccc(Br)c2ccccc12)c1c[nH]c(=O)[nH]1. The minimum atomic E-state index is -0.407. The van der Waals surface area contributed by atoms with Crippen LogP contribution in [0.5, 0.6) is 0 Å². The van der Waals surface area contributed by atoms with Crippen LogP contribution in [0.1, 0.15) is 10.5 Å². The maximum Gasteiger partial charge on any atom is 0.323 e. The Labute approximate surface area is 122 Å². The van der Waals surface area contributed by atoms with Gasteiger partial charge in [-0.25, -0.2) is 4.79 Å². The second-order valence-electron chi connectivity index (χ2n) is 4.25. The molecular formula is C14H10BrN3O2. The molecule has 3 aromatic rings. The van der Waals surface area contributed by atoms with Crippen molar-refractivity contribution in [2.75, 3.05) is 5.32 Å². The molecule has 0 spiro atoms. The van der Waals surface area contributed by atoms with Crippen molar-refractivity contribution in [3.8, 4) is 0 Å². The zero-order chi connectivity index (χ0) is 14.1. The fraction of sp³-hybridized carbons (Fsp3) is 0. The van der Waals surface area contributed by atoms with Gasteiger partial charge in [-0.3, -0.25) is 4.79 Å². The van der Waals surface area contributed by atoms with E-state index in [-0.39, 0.29) is 11.6 Å². The van der Waals surface area contributed by atoms with Crippen molar-refractivity contribution in [2.24, 2.45) is 0 Å². The molecule has 6 heteroatoms. The molecule has 3 N–H and O–H groups in total. The van der Waals surface area contributed by atoms with E-state index in [9.17, 15) is 9.59 Å². The van der Waals surface area contributed by atoms with Crippen molar-refractivity contribution in [2.45, 2.75) is 0 Å². The molecule has 100 valence electrons. The van der Waals surface area contributed by atoms with Crippen LogP contribution in [0.25, 0.3) is 10.8 Å². The predicted octanol–water partition coefficient (Wildman–Crippen LogP) is 2.87. The van der Waals surface area contributed by atoms with Gasteiger partial charge >= 0.3 is 5.69 Å². The van der Waals surface area contributed by atoms with Gasteiger partial charge in [0.05, 0.1) is 0 Å². The molecule has 5 nitrogen and oxygen atoms in total. The number of carbonyl (C=O) groups is 1. The zero-order valence-electron chi connectivity index (χ0n) is 10.2. The summed E-state index contributed by atoms with van der Waals surface area (Å²) in [6, 6.07) is 11.4. The standard InChI is InChI=1S/C14H10BrN3O2/c15-10-5-6-11(9-4-2-1-3-8(9)10)17-13(19)12-7-16-14(20)18-12/h1-7H,(H,17,19)(H2,16,18,20). The Kier molecular flexibility index (Phi) is 3.15. The molecule has 2 aromatic carbocycles. The molecule has 0 aliphatic carbocycles. The average molecular weight is 332 g/mol. The van der Waals surface area contributed by atoms with Crippen LogP contribution in [-0.4, -0.2) is 15.9 Å². The fourth-order valence-corrected chi connectivity index (χ4v) is 2.49. The minimum absolute atomic E-state index is 0.196. The van der Waals surface area contributed by atoms with Gasteiger partial charge in [-0.05, 0) is 17.5 Å². The molecule has 0 bridgehead atoms. The molecule has 0 saturated heterocycles. The van der Waals surface area contributed by atoms with Crippen LogP contribution in [0, 0.1) is 0 Å². The van der Waals surface area contributed by atoms with E-state index < -0.39 is 5.69 Å². The number of nitrogens with one attached hydrogen (secondary N) is 3. The van der Waals surface area contributed by atoms with Crippen LogP contribution in [0.2, 0.25) is 0 Å². The number of H-pyrrole nitrogens is 2. The highest BCUT2D eigenvalue weighted by atomic mass is 79.9. The van der Waals surface area contributed by atoms with E-state index in [1.165, 1.54) is 6.20 Å². The molecule has 0 radical (unpaired) electrons. The number of carbonyl (C=O) groups excluding carboxylic acids is 1. The number of hydrogen-bond donors (Lipinski definition) is 3. The van der Waals surface area contributed by atoms with Crippen molar-refractivity contribution in [1.82, 2.24) is 9.97 Å². The molecule has 0 unspecified atom stereocenters. The third-order valence-electron chi connectivity index (χ3n) is 2.96. The summed E-state index contributed by atoms with van der Waals surface area (Å²) in [5.41, 5.74) is 0.480. The quantitative estimate of drug-likeness (QED) is 0.675. The van der Waals surface area contributed by atoms with Crippen molar-refractivity contribution in [3.63, 3.8) is 0 Å². The predicted molar refractivity (Wildman–Crippen MR) is 81.0 cm³/mol. The summed E-state index contributed by atoms with van der Waals surface area (Å²) in [5.74, 6) is -0.365. The number of fused-ring (bicyclic) bond motifs is 1. The maximum atomic E-state index is 12.0. The molecule has 0 atom stereocenters. The average Bonchev–Trinajstić information content (AvgIpc) is 2.89. The first-order chi connectivity index (χ1) is 9.65. The third-order valence-corrected chi connectivity index (χ3v) is 3.65. The topological polar surface area (TPSA) is 77.8 Å². The monoisotopic (exact) mass is 331 g/mol. The summed E-state index contributed by atoms with van der Waals surface area (Å²) in [6.45, 7) is 0. The van der Waals surface area contributed by atoms with Gasteiger partial charge in [0.15, 0.2) is 0 Å². The number of anilines is 1. The van der Waals surface area contributed by atoms with Crippen LogP contribution >= 0.6 is 15.9 Å². The Morgan fingerprint density at radius 2 is 1.85 bits per heavy atom. The molecule has 20 heavy (non-hydrogen) atoms. The first-order valence-electron chi connectivity index (χ1n) is 5.91. The van der Waals surface area contributed by atoms with Crippen LogP contribution in [0.4, 0.5) is 5.69 Å². The molecule has 0 saturated carbocycles. The number of benzene rings is 2. The van der Waals surface area contributed by atoms with Crippen molar-refractivity contribution in [1.29, 1.82) is 0 Å². The largest absolute Gasteiger partial charge is 0.323 e. The van der Waals surface area contributed by atoms with Gasteiger partial charge in [0.1, 0.15) is 5.69 Å². The van der Waals surface area contributed by atoms with Crippen molar-refractivity contribution < 1.29 is 4.79 Å². The van der Waals surface area contributed by atoms with Gasteiger partial charge in [0.25, 0.3) is 5.91 Å². The van der Waals surface area contributed by atoms with E-state index in [2.05, 4.69) is 31.2 Å². The smallest absolute Gasteiger partial charge is 0.320 e. The van der Waals surface area contributed by atoms with Gasteiger partial charge in [0.2, 0.25) is 0 Å². The van der Waals surface area contributed by atoms with Gasteiger partial charge in [0, 0.05) is 21.7 Å². The maximum absolute atomic E-state index is 12.0. The number of imidazole rings is 1. The van der Waals surface area contributed by atoms with Crippen molar-refractivity contribution >= 4 is 38.3 Å². The first kappa shape index (κ1) is 12.7. The fourth-order valence-electron chi connectivity index (χ4n) is 2.02. The highest BCUT2D eigenvalue weighted by molar-refractivity contribution is 9.10. The van der Waals surface area contributed by atoms with E-state index in [0.29, 0.717) is 5.69 Å². The number of hydrogen-bond acceptors (Lipinski definition) is 2. The Morgan fingerprint density at radius 1 is 1.10 bits per heavy atom. The first-order valence-corrected chi connectivity index (χ1v) is 6.71. The van der Waals surface area contributed by atoms with Crippen LogP contribution < -0.4 is 11.0 Å². The third kappa shape index (κ3) is 2.25. The lowest BCUT2D eigenvalue weighted by molar-refractivity contribution is 0.102. The van der Waals surface area contributed by atoms with E-state index in [1.54, 1.807) is 0 Å². The molecule has 0 fully saturated rings. The highest BCUT2D eigenvalue weighted by Crippen LogP contribution is 2.30. The Balaban J connectivity index is 2.01. The summed E-state index contributed by atoms with van der Waals surface area (Å²) >= 11 is 3.48. The summed E-state index contributed by atoms with van der Waals surface area (Å²) in [7, 11) is 0. The molecule has 0 aliphatic heterocycles. The Bertz CT molecular complexity index is 851.